The average Bonchev–Trinajstić information content (AvgIpc) is 2.79. The number of hydrogen-bond donors (Lipinski definition) is 1. The number of para-hydroxylation sites is 2. The molecule has 20 heavy (non-hydrogen) atoms. The van der Waals surface area contributed by atoms with E-state index in [-0.39, 0.29) is 11.6 Å². The topological polar surface area (TPSA) is 60.1 Å². The van der Waals surface area contributed by atoms with Crippen molar-refractivity contribution in [3.8, 4) is 5.75 Å². The summed E-state index contributed by atoms with van der Waals surface area (Å²) in [7, 11) is 3.39. The van der Waals surface area contributed by atoms with Crippen LogP contribution in [0, 0.1) is 0 Å². The number of benzene rings is 1. The van der Waals surface area contributed by atoms with E-state index in [4.69, 9.17) is 15.2 Å². The van der Waals surface area contributed by atoms with Gasteiger partial charge in [-0.1, -0.05) is 12.1 Å². The summed E-state index contributed by atoms with van der Waals surface area (Å²) in [6.07, 6.45) is 0.839. The van der Waals surface area contributed by atoms with Gasteiger partial charge in [0.15, 0.2) is 5.96 Å². The highest BCUT2D eigenvalue weighted by atomic mass is 16.5. The van der Waals surface area contributed by atoms with Crippen LogP contribution in [0.1, 0.15) is 20.3 Å². The van der Waals surface area contributed by atoms with E-state index in [2.05, 4.69) is 18.8 Å². The molecule has 1 aliphatic rings. The molecule has 0 aromatic heterocycles. The molecule has 0 amide bonds. The Balaban J connectivity index is 2.29. The van der Waals surface area contributed by atoms with Gasteiger partial charge in [-0.2, -0.15) is 0 Å². The number of guanidine groups is 1. The van der Waals surface area contributed by atoms with Gasteiger partial charge in [0, 0.05) is 7.11 Å². The van der Waals surface area contributed by atoms with E-state index in [1.807, 2.05) is 29.2 Å². The monoisotopic (exact) mass is 277 g/mol. The lowest BCUT2D eigenvalue weighted by Gasteiger charge is -2.33. The second kappa shape index (κ2) is 5.71. The van der Waals surface area contributed by atoms with E-state index < -0.39 is 0 Å². The van der Waals surface area contributed by atoms with Crippen LogP contribution in [0.2, 0.25) is 0 Å². The Kier molecular flexibility index (Phi) is 4.18. The minimum atomic E-state index is -0.217. The minimum absolute atomic E-state index is 0.182. The zero-order valence-corrected chi connectivity index (χ0v) is 12.6. The van der Waals surface area contributed by atoms with Crippen molar-refractivity contribution in [1.82, 2.24) is 0 Å². The Bertz CT molecular complexity index is 500. The van der Waals surface area contributed by atoms with Crippen molar-refractivity contribution in [3.63, 3.8) is 0 Å². The van der Waals surface area contributed by atoms with Crippen LogP contribution < -0.4 is 15.4 Å². The molecule has 0 spiro atoms. The van der Waals surface area contributed by atoms with Crippen molar-refractivity contribution in [2.75, 3.05) is 25.7 Å². The molecule has 1 aliphatic heterocycles. The molecule has 1 aromatic rings. The minimum Gasteiger partial charge on any atom is -0.495 e. The van der Waals surface area contributed by atoms with Gasteiger partial charge in [-0.25, -0.2) is 0 Å². The molecule has 0 aliphatic carbocycles. The molecule has 0 saturated carbocycles. The Morgan fingerprint density at radius 2 is 2.05 bits per heavy atom. The smallest absolute Gasteiger partial charge is 0.196 e. The Hall–Kier alpha value is -1.75. The summed E-state index contributed by atoms with van der Waals surface area (Å²) < 4.78 is 11.0. The van der Waals surface area contributed by atoms with Crippen LogP contribution in [-0.2, 0) is 4.74 Å². The first-order chi connectivity index (χ1) is 9.48. The van der Waals surface area contributed by atoms with Gasteiger partial charge in [0.1, 0.15) is 5.75 Å². The summed E-state index contributed by atoms with van der Waals surface area (Å²) in [5.41, 5.74) is 6.80. The number of anilines is 1. The van der Waals surface area contributed by atoms with Crippen molar-refractivity contribution in [3.05, 3.63) is 24.3 Å². The Labute approximate surface area is 120 Å². The first-order valence-electron chi connectivity index (χ1n) is 6.76. The van der Waals surface area contributed by atoms with Gasteiger partial charge < -0.3 is 20.1 Å². The Morgan fingerprint density at radius 1 is 1.35 bits per heavy atom. The highest BCUT2D eigenvalue weighted by Gasteiger charge is 2.34. The first-order valence-corrected chi connectivity index (χ1v) is 6.76. The SMILES string of the molecule is COc1ccccc1N1C(N)=NCC1CC(C)(C)OC. The molecule has 1 atom stereocenters. The molecule has 0 bridgehead atoms. The van der Waals surface area contributed by atoms with Crippen LogP contribution in [0.3, 0.4) is 0 Å². The lowest BCUT2D eigenvalue weighted by atomic mass is 9.98. The van der Waals surface area contributed by atoms with E-state index >= 15 is 0 Å². The normalized spacial score (nSPS) is 19.1. The molecule has 1 unspecified atom stereocenters. The van der Waals surface area contributed by atoms with Crippen LogP contribution in [-0.4, -0.2) is 38.4 Å². The van der Waals surface area contributed by atoms with E-state index in [1.54, 1.807) is 14.2 Å². The maximum atomic E-state index is 6.06. The standard InChI is InChI=1S/C15H23N3O2/c1-15(2,20-4)9-11-10-17-14(16)18(11)12-7-5-6-8-13(12)19-3/h5-8,11H,9-10H2,1-4H3,(H2,16,17). The maximum Gasteiger partial charge on any atom is 0.196 e. The maximum absolute atomic E-state index is 6.06. The van der Waals surface area contributed by atoms with E-state index in [0.717, 1.165) is 17.9 Å². The van der Waals surface area contributed by atoms with Gasteiger partial charge in [-0.15, -0.1) is 0 Å². The third kappa shape index (κ3) is 2.88. The van der Waals surface area contributed by atoms with Crippen molar-refractivity contribution in [1.29, 1.82) is 0 Å². The lowest BCUT2D eigenvalue weighted by molar-refractivity contribution is 0.0114. The summed E-state index contributed by atoms with van der Waals surface area (Å²) in [5.74, 6) is 1.33. The predicted molar refractivity (Wildman–Crippen MR) is 81.5 cm³/mol. The average molecular weight is 277 g/mol. The second-order valence-corrected chi connectivity index (χ2v) is 5.56. The quantitative estimate of drug-likeness (QED) is 0.894. The fourth-order valence-electron chi connectivity index (χ4n) is 2.50. The summed E-state index contributed by atoms with van der Waals surface area (Å²) in [4.78, 5) is 6.42. The van der Waals surface area contributed by atoms with Crippen molar-refractivity contribution >= 4 is 11.6 Å². The lowest BCUT2D eigenvalue weighted by Crippen LogP contribution is -2.44. The molecule has 110 valence electrons. The largest absolute Gasteiger partial charge is 0.495 e. The fourth-order valence-corrected chi connectivity index (χ4v) is 2.50. The number of ether oxygens (including phenoxy) is 2. The molecular weight excluding hydrogens is 254 g/mol. The Morgan fingerprint density at radius 3 is 2.70 bits per heavy atom. The van der Waals surface area contributed by atoms with Gasteiger partial charge in [0.2, 0.25) is 0 Å². The fraction of sp³-hybridized carbons (Fsp3) is 0.533. The van der Waals surface area contributed by atoms with Crippen LogP contribution in [0.25, 0.3) is 0 Å². The molecule has 5 nitrogen and oxygen atoms in total. The number of hydrogen-bond acceptors (Lipinski definition) is 5. The first kappa shape index (κ1) is 14.7. The second-order valence-electron chi connectivity index (χ2n) is 5.56. The van der Waals surface area contributed by atoms with E-state index in [0.29, 0.717) is 12.5 Å². The van der Waals surface area contributed by atoms with Gasteiger partial charge in [-0.05, 0) is 32.4 Å². The third-order valence-corrected chi connectivity index (χ3v) is 3.70. The van der Waals surface area contributed by atoms with Gasteiger partial charge in [0.05, 0.1) is 31.0 Å². The number of aliphatic imine (C=N–C) groups is 1. The molecule has 5 heteroatoms. The number of nitrogens with zero attached hydrogens (tertiary/aromatic N) is 2. The van der Waals surface area contributed by atoms with Gasteiger partial charge >= 0.3 is 0 Å². The van der Waals surface area contributed by atoms with Crippen molar-refractivity contribution in [2.45, 2.75) is 31.9 Å². The molecule has 1 heterocycles. The van der Waals surface area contributed by atoms with Gasteiger partial charge in [-0.3, -0.25) is 4.99 Å². The highest BCUT2D eigenvalue weighted by Crippen LogP contribution is 2.33. The molecule has 0 radical (unpaired) electrons. The van der Waals surface area contributed by atoms with Crippen molar-refractivity contribution < 1.29 is 9.47 Å². The molecule has 1 aromatic carbocycles. The van der Waals surface area contributed by atoms with Crippen LogP contribution in [0.5, 0.6) is 5.75 Å². The van der Waals surface area contributed by atoms with Crippen molar-refractivity contribution in [2.24, 2.45) is 10.7 Å². The van der Waals surface area contributed by atoms with Crippen LogP contribution >= 0.6 is 0 Å². The number of methoxy groups -OCH3 is 2. The van der Waals surface area contributed by atoms with Gasteiger partial charge in [0.25, 0.3) is 0 Å². The molecule has 0 saturated heterocycles. The summed E-state index contributed by atoms with van der Waals surface area (Å²) in [6.45, 7) is 4.82. The predicted octanol–water partition coefficient (Wildman–Crippen LogP) is 2.01. The third-order valence-electron chi connectivity index (χ3n) is 3.70. The molecular formula is C15H23N3O2. The summed E-state index contributed by atoms with van der Waals surface area (Å²) >= 11 is 0. The summed E-state index contributed by atoms with van der Waals surface area (Å²) in [6, 6.07) is 8.03. The zero-order chi connectivity index (χ0) is 14.8. The van der Waals surface area contributed by atoms with E-state index in [9.17, 15) is 0 Å². The molecule has 2 N–H and O–H groups in total. The van der Waals surface area contributed by atoms with Crippen LogP contribution in [0.4, 0.5) is 5.69 Å². The zero-order valence-electron chi connectivity index (χ0n) is 12.6. The molecule has 0 fully saturated rings. The number of nitrogens with two attached hydrogens (primary N) is 1. The van der Waals surface area contributed by atoms with Crippen LogP contribution in [0.15, 0.2) is 29.3 Å². The highest BCUT2D eigenvalue weighted by molar-refractivity contribution is 5.98. The van der Waals surface area contributed by atoms with E-state index in [1.165, 1.54) is 0 Å². The summed E-state index contributed by atoms with van der Waals surface area (Å²) in [5, 5.41) is 0. The number of rotatable bonds is 5. The molecule has 2 rings (SSSR count).